The van der Waals surface area contributed by atoms with E-state index < -0.39 is 24.5 Å². The zero-order valence-corrected chi connectivity index (χ0v) is 13.9. The van der Waals surface area contributed by atoms with Crippen LogP contribution in [0.1, 0.15) is 44.9 Å². The molecule has 128 valence electrons. The van der Waals surface area contributed by atoms with Crippen molar-refractivity contribution in [3.05, 3.63) is 65.2 Å². The number of esters is 1. The highest BCUT2D eigenvalue weighted by Gasteiger charge is 2.35. The molecule has 0 aromatic heterocycles. The Morgan fingerprint density at radius 3 is 2.04 bits per heavy atom. The molecule has 0 aliphatic carbocycles. The molecule has 25 heavy (non-hydrogen) atoms. The first-order valence-corrected chi connectivity index (χ1v) is 7.86. The Kier molecular flexibility index (Phi) is 4.52. The molecule has 1 aliphatic heterocycles. The van der Waals surface area contributed by atoms with Crippen molar-refractivity contribution in [2.75, 3.05) is 6.73 Å². The van der Waals surface area contributed by atoms with Crippen molar-refractivity contribution >= 4 is 17.8 Å². The number of nitrogens with zero attached hydrogens (tertiary/aromatic N) is 1. The quantitative estimate of drug-likeness (QED) is 0.619. The van der Waals surface area contributed by atoms with Crippen LogP contribution in [0.4, 0.5) is 0 Å². The van der Waals surface area contributed by atoms with Crippen LogP contribution in [0.25, 0.3) is 0 Å². The highest BCUT2D eigenvalue weighted by molar-refractivity contribution is 6.21. The SMILES string of the molecule is CC(C)Oc1ccc(C(=O)OCN2C(=O)c3ccccc3C2=O)cc1. The molecule has 0 saturated carbocycles. The number of hydrogen-bond donors (Lipinski definition) is 0. The third-order valence-electron chi connectivity index (χ3n) is 3.66. The minimum Gasteiger partial charge on any atom is -0.491 e. The number of imide groups is 1. The van der Waals surface area contributed by atoms with Crippen molar-refractivity contribution in [1.82, 2.24) is 4.90 Å². The first-order chi connectivity index (χ1) is 12.0. The number of benzene rings is 2. The van der Waals surface area contributed by atoms with E-state index in [1.165, 1.54) is 0 Å². The second-order valence-electron chi connectivity index (χ2n) is 5.84. The molecule has 2 aromatic carbocycles. The molecular weight excluding hydrogens is 322 g/mol. The first kappa shape index (κ1) is 16.7. The van der Waals surface area contributed by atoms with Crippen LogP contribution in [-0.4, -0.2) is 35.5 Å². The lowest BCUT2D eigenvalue weighted by Crippen LogP contribution is -2.33. The van der Waals surface area contributed by atoms with Crippen molar-refractivity contribution in [1.29, 1.82) is 0 Å². The van der Waals surface area contributed by atoms with Crippen molar-refractivity contribution < 1.29 is 23.9 Å². The Morgan fingerprint density at radius 1 is 0.960 bits per heavy atom. The molecule has 0 fully saturated rings. The van der Waals surface area contributed by atoms with E-state index in [9.17, 15) is 14.4 Å². The summed E-state index contributed by atoms with van der Waals surface area (Å²) in [5.41, 5.74) is 0.949. The topological polar surface area (TPSA) is 72.9 Å². The molecule has 0 spiro atoms. The van der Waals surface area contributed by atoms with Crippen molar-refractivity contribution in [2.45, 2.75) is 20.0 Å². The Balaban J connectivity index is 1.63. The maximum Gasteiger partial charge on any atom is 0.339 e. The van der Waals surface area contributed by atoms with Crippen LogP contribution in [0, 0.1) is 0 Å². The van der Waals surface area contributed by atoms with Crippen molar-refractivity contribution in [3.63, 3.8) is 0 Å². The number of hydrogen-bond acceptors (Lipinski definition) is 5. The van der Waals surface area contributed by atoms with Crippen LogP contribution in [0.15, 0.2) is 48.5 Å². The standard InChI is InChI=1S/C19H17NO5/c1-12(2)25-14-9-7-13(8-10-14)19(23)24-11-20-17(21)15-5-3-4-6-16(15)18(20)22/h3-10,12H,11H2,1-2H3. The molecule has 0 N–H and O–H groups in total. The first-order valence-electron chi connectivity index (χ1n) is 7.86. The molecular formula is C19H17NO5. The molecule has 3 rings (SSSR count). The normalized spacial score (nSPS) is 13.2. The molecule has 0 atom stereocenters. The molecule has 0 unspecified atom stereocenters. The Bertz CT molecular complexity index is 791. The van der Waals surface area contributed by atoms with E-state index in [1.807, 2.05) is 13.8 Å². The van der Waals surface area contributed by atoms with Crippen molar-refractivity contribution in [2.24, 2.45) is 0 Å². The van der Waals surface area contributed by atoms with Gasteiger partial charge in [0.1, 0.15) is 5.75 Å². The summed E-state index contributed by atoms with van der Waals surface area (Å²) in [6.45, 7) is 3.39. The highest BCUT2D eigenvalue weighted by atomic mass is 16.5. The van der Waals surface area contributed by atoms with Gasteiger partial charge in [-0.15, -0.1) is 0 Å². The summed E-state index contributed by atoms with van der Waals surface area (Å²) in [7, 11) is 0. The average Bonchev–Trinajstić information content (AvgIpc) is 2.84. The average molecular weight is 339 g/mol. The second kappa shape index (κ2) is 6.76. The zero-order valence-electron chi connectivity index (χ0n) is 13.9. The molecule has 1 heterocycles. The summed E-state index contributed by atoms with van der Waals surface area (Å²) in [5, 5.41) is 0. The van der Waals surface area contributed by atoms with Gasteiger partial charge in [-0.2, -0.15) is 0 Å². The van der Waals surface area contributed by atoms with Gasteiger partial charge in [0, 0.05) is 0 Å². The molecule has 2 amide bonds. The lowest BCUT2D eigenvalue weighted by atomic mass is 10.1. The minimum atomic E-state index is -0.618. The van der Waals surface area contributed by atoms with E-state index in [4.69, 9.17) is 9.47 Å². The number of carbonyl (C=O) groups is 3. The third-order valence-corrected chi connectivity index (χ3v) is 3.66. The molecule has 0 radical (unpaired) electrons. The second-order valence-corrected chi connectivity index (χ2v) is 5.84. The minimum absolute atomic E-state index is 0.0339. The zero-order chi connectivity index (χ0) is 18.0. The number of ether oxygens (including phenoxy) is 2. The lowest BCUT2D eigenvalue weighted by Gasteiger charge is -2.14. The van der Waals surface area contributed by atoms with E-state index in [2.05, 4.69) is 0 Å². The van der Waals surface area contributed by atoms with Gasteiger partial charge in [-0.3, -0.25) is 9.59 Å². The summed E-state index contributed by atoms with van der Waals surface area (Å²) in [6.07, 6.45) is 0.0339. The van der Waals surface area contributed by atoms with Crippen molar-refractivity contribution in [3.8, 4) is 5.75 Å². The summed E-state index contributed by atoms with van der Waals surface area (Å²) in [5.74, 6) is -0.900. The lowest BCUT2D eigenvalue weighted by molar-refractivity contribution is 0.0228. The van der Waals surface area contributed by atoms with E-state index in [0.717, 1.165) is 4.90 Å². The fraction of sp³-hybridized carbons (Fsp3) is 0.211. The summed E-state index contributed by atoms with van der Waals surface area (Å²) in [4.78, 5) is 37.4. The molecule has 0 saturated heterocycles. The maximum atomic E-state index is 12.2. The van der Waals surface area contributed by atoms with Gasteiger partial charge < -0.3 is 9.47 Å². The number of carbonyl (C=O) groups excluding carboxylic acids is 3. The van der Waals surface area contributed by atoms with Gasteiger partial charge in [0.15, 0.2) is 6.73 Å². The summed E-state index contributed by atoms with van der Waals surface area (Å²) >= 11 is 0. The highest BCUT2D eigenvalue weighted by Crippen LogP contribution is 2.22. The predicted molar refractivity (Wildman–Crippen MR) is 89.4 cm³/mol. The van der Waals surface area contributed by atoms with Gasteiger partial charge >= 0.3 is 5.97 Å². The number of fused-ring (bicyclic) bond motifs is 1. The van der Waals surface area contributed by atoms with Crippen LogP contribution < -0.4 is 4.74 Å². The van der Waals surface area contributed by atoms with Gasteiger partial charge in [-0.25, -0.2) is 9.69 Å². The molecule has 0 bridgehead atoms. The maximum absolute atomic E-state index is 12.2. The largest absolute Gasteiger partial charge is 0.491 e. The van der Waals surface area contributed by atoms with E-state index >= 15 is 0 Å². The molecule has 1 aliphatic rings. The smallest absolute Gasteiger partial charge is 0.339 e. The monoisotopic (exact) mass is 339 g/mol. The van der Waals surface area contributed by atoms with Gasteiger partial charge in [0.05, 0.1) is 22.8 Å². The van der Waals surface area contributed by atoms with Gasteiger partial charge in [-0.1, -0.05) is 12.1 Å². The Hall–Kier alpha value is -3.15. The molecule has 6 nitrogen and oxygen atoms in total. The molecule has 2 aromatic rings. The van der Waals surface area contributed by atoms with Gasteiger partial charge in [0.25, 0.3) is 11.8 Å². The fourth-order valence-corrected chi connectivity index (χ4v) is 2.50. The number of amides is 2. The van der Waals surface area contributed by atoms with Gasteiger partial charge in [-0.05, 0) is 50.2 Å². The fourth-order valence-electron chi connectivity index (χ4n) is 2.50. The van der Waals surface area contributed by atoms with Crippen LogP contribution in [0.2, 0.25) is 0 Å². The van der Waals surface area contributed by atoms with Crippen LogP contribution in [0.3, 0.4) is 0 Å². The van der Waals surface area contributed by atoms with Crippen LogP contribution in [0.5, 0.6) is 5.75 Å². The molecule has 6 heteroatoms. The Morgan fingerprint density at radius 2 is 1.52 bits per heavy atom. The number of rotatable bonds is 5. The Labute approximate surface area is 145 Å². The van der Waals surface area contributed by atoms with E-state index in [0.29, 0.717) is 22.4 Å². The van der Waals surface area contributed by atoms with E-state index in [1.54, 1.807) is 48.5 Å². The van der Waals surface area contributed by atoms with Gasteiger partial charge in [0.2, 0.25) is 0 Å². The summed E-state index contributed by atoms with van der Waals surface area (Å²) < 4.78 is 10.6. The third kappa shape index (κ3) is 3.38. The predicted octanol–water partition coefficient (Wildman–Crippen LogP) is 2.88. The van der Waals surface area contributed by atoms with E-state index in [-0.39, 0.29) is 6.10 Å². The van der Waals surface area contributed by atoms with Crippen LogP contribution in [-0.2, 0) is 4.74 Å². The summed E-state index contributed by atoms with van der Waals surface area (Å²) in [6, 6.07) is 13.0. The van der Waals surface area contributed by atoms with Crippen LogP contribution >= 0.6 is 0 Å².